The molecule has 0 spiro atoms. The number of benzene rings is 1. The van der Waals surface area contributed by atoms with Gasteiger partial charge in [0.1, 0.15) is 0 Å². The van der Waals surface area contributed by atoms with Crippen LogP contribution in [0.5, 0.6) is 0 Å². The number of nitrogens with one attached hydrogen (secondary N) is 1. The van der Waals surface area contributed by atoms with Crippen LogP contribution in [0.1, 0.15) is 54.6 Å². The Bertz CT molecular complexity index is 593. The van der Waals surface area contributed by atoms with Crippen molar-refractivity contribution in [3.05, 3.63) is 34.9 Å². The zero-order valence-corrected chi connectivity index (χ0v) is 13.1. The molecule has 21 heavy (non-hydrogen) atoms. The molecule has 1 aromatic carbocycles. The standard InChI is InChI=1S/C18H24N2O/c1-13-9-14(5-4-8-19)11-15(10-13)17(21)20-16-6-7-18(2,3)12-16/h9-11,16H,6-8,12,19H2,1-3H3,(H,20,21). The van der Waals surface area contributed by atoms with Gasteiger partial charge >= 0.3 is 0 Å². The van der Waals surface area contributed by atoms with E-state index in [4.69, 9.17) is 5.73 Å². The summed E-state index contributed by atoms with van der Waals surface area (Å²) in [4.78, 5) is 12.4. The van der Waals surface area contributed by atoms with E-state index in [9.17, 15) is 4.79 Å². The average Bonchev–Trinajstić information content (AvgIpc) is 2.75. The van der Waals surface area contributed by atoms with E-state index in [0.29, 0.717) is 17.5 Å². The van der Waals surface area contributed by atoms with Crippen LogP contribution in [0.2, 0.25) is 0 Å². The first-order chi connectivity index (χ1) is 9.89. The Kier molecular flexibility index (Phi) is 4.69. The van der Waals surface area contributed by atoms with Crippen LogP contribution in [-0.2, 0) is 0 Å². The highest BCUT2D eigenvalue weighted by molar-refractivity contribution is 5.95. The van der Waals surface area contributed by atoms with E-state index in [2.05, 4.69) is 31.0 Å². The Balaban J connectivity index is 2.10. The molecule has 0 bridgehead atoms. The fourth-order valence-electron chi connectivity index (χ4n) is 2.97. The van der Waals surface area contributed by atoms with Crippen molar-refractivity contribution in [2.45, 2.75) is 46.1 Å². The number of carbonyl (C=O) groups is 1. The fourth-order valence-corrected chi connectivity index (χ4v) is 2.97. The largest absolute Gasteiger partial charge is 0.349 e. The monoisotopic (exact) mass is 284 g/mol. The second-order valence-corrected chi connectivity index (χ2v) is 6.67. The van der Waals surface area contributed by atoms with Crippen LogP contribution < -0.4 is 11.1 Å². The lowest BCUT2D eigenvalue weighted by atomic mass is 9.92. The Morgan fingerprint density at radius 3 is 2.81 bits per heavy atom. The molecule has 1 saturated carbocycles. The van der Waals surface area contributed by atoms with Crippen molar-refractivity contribution in [2.75, 3.05) is 6.54 Å². The molecule has 3 nitrogen and oxygen atoms in total. The van der Waals surface area contributed by atoms with Crippen LogP contribution in [0.15, 0.2) is 18.2 Å². The van der Waals surface area contributed by atoms with E-state index >= 15 is 0 Å². The van der Waals surface area contributed by atoms with Crippen molar-refractivity contribution in [3.8, 4) is 11.8 Å². The number of hydrogen-bond acceptors (Lipinski definition) is 2. The van der Waals surface area contributed by atoms with Gasteiger partial charge in [0.05, 0.1) is 6.54 Å². The molecule has 1 aliphatic rings. The number of carbonyl (C=O) groups excluding carboxylic acids is 1. The van der Waals surface area contributed by atoms with Crippen LogP contribution in [0.3, 0.4) is 0 Å². The van der Waals surface area contributed by atoms with E-state index in [-0.39, 0.29) is 11.9 Å². The van der Waals surface area contributed by atoms with E-state index in [1.54, 1.807) is 0 Å². The van der Waals surface area contributed by atoms with Crippen LogP contribution in [0, 0.1) is 24.2 Å². The van der Waals surface area contributed by atoms with Gasteiger partial charge in [-0.15, -0.1) is 0 Å². The van der Waals surface area contributed by atoms with Gasteiger partial charge in [-0.05, 0) is 55.4 Å². The molecule has 1 atom stereocenters. The van der Waals surface area contributed by atoms with Gasteiger partial charge in [-0.3, -0.25) is 4.79 Å². The third-order valence-corrected chi connectivity index (χ3v) is 3.98. The quantitative estimate of drug-likeness (QED) is 0.820. The Morgan fingerprint density at radius 1 is 1.43 bits per heavy atom. The third-order valence-electron chi connectivity index (χ3n) is 3.98. The van der Waals surface area contributed by atoms with Crippen molar-refractivity contribution in [1.29, 1.82) is 0 Å². The first kappa shape index (κ1) is 15.6. The molecule has 112 valence electrons. The van der Waals surface area contributed by atoms with Gasteiger partial charge in [-0.25, -0.2) is 0 Å². The van der Waals surface area contributed by atoms with Crippen molar-refractivity contribution in [1.82, 2.24) is 5.32 Å². The number of rotatable bonds is 2. The van der Waals surface area contributed by atoms with Crippen LogP contribution in [0.25, 0.3) is 0 Å². The fraction of sp³-hybridized carbons (Fsp3) is 0.500. The molecule has 1 aliphatic carbocycles. The van der Waals surface area contributed by atoms with Gasteiger partial charge in [0.25, 0.3) is 5.91 Å². The van der Waals surface area contributed by atoms with Crippen molar-refractivity contribution in [3.63, 3.8) is 0 Å². The number of nitrogens with two attached hydrogens (primary N) is 1. The molecular weight excluding hydrogens is 260 g/mol. The minimum absolute atomic E-state index is 0.00259. The van der Waals surface area contributed by atoms with Crippen molar-refractivity contribution in [2.24, 2.45) is 11.1 Å². The van der Waals surface area contributed by atoms with Crippen molar-refractivity contribution < 1.29 is 4.79 Å². The summed E-state index contributed by atoms with van der Waals surface area (Å²) in [6.07, 6.45) is 3.27. The minimum atomic E-state index is -0.00259. The lowest BCUT2D eigenvalue weighted by Gasteiger charge is -2.18. The number of hydrogen-bond donors (Lipinski definition) is 2. The maximum absolute atomic E-state index is 12.4. The first-order valence-electron chi connectivity index (χ1n) is 7.51. The van der Waals surface area contributed by atoms with Gasteiger partial charge < -0.3 is 11.1 Å². The van der Waals surface area contributed by atoms with Gasteiger partial charge in [0.15, 0.2) is 0 Å². The van der Waals surface area contributed by atoms with E-state index in [0.717, 1.165) is 24.0 Å². The molecule has 0 aliphatic heterocycles. The van der Waals surface area contributed by atoms with Crippen LogP contribution in [0.4, 0.5) is 0 Å². The average molecular weight is 284 g/mol. The second kappa shape index (κ2) is 6.32. The molecule has 3 heteroatoms. The van der Waals surface area contributed by atoms with Crippen LogP contribution >= 0.6 is 0 Å². The molecule has 0 heterocycles. The molecule has 0 saturated heterocycles. The lowest BCUT2D eigenvalue weighted by molar-refractivity contribution is 0.0936. The first-order valence-corrected chi connectivity index (χ1v) is 7.51. The molecular formula is C18H24N2O. The normalized spacial score (nSPS) is 19.7. The summed E-state index contributed by atoms with van der Waals surface area (Å²) in [6.45, 7) is 6.81. The van der Waals surface area contributed by atoms with Gasteiger partial charge in [0.2, 0.25) is 0 Å². The highest BCUT2D eigenvalue weighted by Gasteiger charge is 2.31. The molecule has 2 rings (SSSR count). The predicted octanol–water partition coefficient (Wildman–Crippen LogP) is 2.61. The lowest BCUT2D eigenvalue weighted by Crippen LogP contribution is -2.33. The molecule has 0 radical (unpaired) electrons. The molecule has 1 fully saturated rings. The van der Waals surface area contributed by atoms with E-state index in [1.165, 1.54) is 6.42 Å². The Hall–Kier alpha value is -1.79. The van der Waals surface area contributed by atoms with Gasteiger partial charge in [-0.2, -0.15) is 0 Å². The summed E-state index contributed by atoms with van der Waals surface area (Å²) in [6, 6.07) is 6.00. The minimum Gasteiger partial charge on any atom is -0.349 e. The maximum Gasteiger partial charge on any atom is 0.251 e. The molecule has 1 amide bonds. The van der Waals surface area contributed by atoms with E-state index in [1.807, 2.05) is 25.1 Å². The summed E-state index contributed by atoms with van der Waals surface area (Å²) in [5.74, 6) is 5.82. The number of amides is 1. The zero-order chi connectivity index (χ0) is 15.5. The Labute approximate surface area is 127 Å². The maximum atomic E-state index is 12.4. The highest BCUT2D eigenvalue weighted by atomic mass is 16.1. The Morgan fingerprint density at radius 2 is 2.19 bits per heavy atom. The molecule has 1 aromatic rings. The van der Waals surface area contributed by atoms with Crippen molar-refractivity contribution >= 4 is 5.91 Å². The second-order valence-electron chi connectivity index (χ2n) is 6.67. The third kappa shape index (κ3) is 4.34. The van der Waals surface area contributed by atoms with Gasteiger partial charge in [0, 0.05) is 17.2 Å². The smallest absolute Gasteiger partial charge is 0.251 e. The summed E-state index contributed by atoms with van der Waals surface area (Å²) >= 11 is 0. The summed E-state index contributed by atoms with van der Waals surface area (Å²) in [5.41, 5.74) is 8.29. The predicted molar refractivity (Wildman–Crippen MR) is 86.0 cm³/mol. The zero-order valence-electron chi connectivity index (χ0n) is 13.1. The number of aryl methyl sites for hydroxylation is 1. The summed E-state index contributed by atoms with van der Waals surface area (Å²) in [5, 5.41) is 3.15. The van der Waals surface area contributed by atoms with Gasteiger partial charge in [-0.1, -0.05) is 25.7 Å². The SMILES string of the molecule is Cc1cc(C#CCN)cc(C(=O)NC2CCC(C)(C)C2)c1. The highest BCUT2D eigenvalue weighted by Crippen LogP contribution is 2.36. The molecule has 3 N–H and O–H groups in total. The molecule has 0 aromatic heterocycles. The summed E-state index contributed by atoms with van der Waals surface area (Å²) < 4.78 is 0. The van der Waals surface area contributed by atoms with Crippen LogP contribution in [-0.4, -0.2) is 18.5 Å². The summed E-state index contributed by atoms with van der Waals surface area (Å²) in [7, 11) is 0. The topological polar surface area (TPSA) is 55.1 Å². The van der Waals surface area contributed by atoms with E-state index < -0.39 is 0 Å². The molecule has 1 unspecified atom stereocenters.